The molecule has 0 saturated carbocycles. The van der Waals surface area contributed by atoms with Gasteiger partial charge in [-0.2, -0.15) is 0 Å². The molecular weight excluding hydrogens is 312 g/mol. The number of aromatic nitrogens is 2. The molecule has 0 spiro atoms. The average Bonchev–Trinajstić information content (AvgIpc) is 2.55. The summed E-state index contributed by atoms with van der Waals surface area (Å²) in [5.41, 5.74) is 3.81. The van der Waals surface area contributed by atoms with Gasteiger partial charge in [-0.3, -0.25) is 13.9 Å². The fraction of sp³-hybridized carbons (Fsp3) is 0.583. The lowest BCUT2D eigenvalue weighted by Gasteiger charge is -2.23. The molecule has 1 rings (SSSR count). The highest BCUT2D eigenvalue weighted by Gasteiger charge is 2.29. The van der Waals surface area contributed by atoms with E-state index in [1.807, 2.05) is 0 Å². The van der Waals surface area contributed by atoms with E-state index in [0.717, 1.165) is 15.3 Å². The second-order valence-electron chi connectivity index (χ2n) is 4.94. The molecule has 0 aliphatic carbocycles. The van der Waals surface area contributed by atoms with Gasteiger partial charge in [0.15, 0.2) is 5.69 Å². The van der Waals surface area contributed by atoms with Gasteiger partial charge in [0.25, 0.3) is 5.56 Å². The molecule has 11 nitrogen and oxygen atoms in total. The minimum atomic E-state index is -1.86. The standard InChI is InChI=1S/C12H20N4O7/c1-15-10(13)7(11(22)16(2)12(15)23)14-3-5(18)8(20)9(21)6(19)4-17/h3,5-6,8-9,17-21H,4,13H2,1-2H3/t5-,6-,8-,9-/m1/s1. The number of nitrogens with two attached hydrogens (primary N) is 1. The fourth-order valence-electron chi connectivity index (χ4n) is 1.74. The molecule has 0 bridgehead atoms. The van der Waals surface area contributed by atoms with Gasteiger partial charge in [-0.1, -0.05) is 0 Å². The third-order valence-corrected chi connectivity index (χ3v) is 3.32. The van der Waals surface area contributed by atoms with E-state index in [0.29, 0.717) is 0 Å². The molecule has 0 unspecified atom stereocenters. The largest absolute Gasteiger partial charge is 0.394 e. The molecule has 0 aliphatic heterocycles. The second-order valence-corrected chi connectivity index (χ2v) is 4.94. The van der Waals surface area contributed by atoms with E-state index in [2.05, 4.69) is 4.99 Å². The predicted molar refractivity (Wildman–Crippen MR) is 80.6 cm³/mol. The van der Waals surface area contributed by atoms with Gasteiger partial charge < -0.3 is 31.3 Å². The molecule has 4 atom stereocenters. The van der Waals surface area contributed by atoms with Crippen LogP contribution in [0.15, 0.2) is 14.6 Å². The molecule has 11 heteroatoms. The third-order valence-electron chi connectivity index (χ3n) is 3.32. The zero-order valence-electron chi connectivity index (χ0n) is 12.6. The normalized spacial score (nSPS) is 17.2. The zero-order valence-corrected chi connectivity index (χ0v) is 12.6. The van der Waals surface area contributed by atoms with E-state index in [1.54, 1.807) is 0 Å². The Bertz CT molecular complexity index is 696. The summed E-state index contributed by atoms with van der Waals surface area (Å²) in [5.74, 6) is -0.244. The van der Waals surface area contributed by atoms with Gasteiger partial charge in [0.2, 0.25) is 0 Å². The number of hydrogen-bond acceptors (Lipinski definition) is 9. The van der Waals surface area contributed by atoms with Crippen LogP contribution in [0, 0.1) is 0 Å². The Kier molecular flexibility index (Phi) is 6.18. The van der Waals surface area contributed by atoms with Gasteiger partial charge >= 0.3 is 5.69 Å². The maximum Gasteiger partial charge on any atom is 0.332 e. The smallest absolute Gasteiger partial charge is 0.332 e. The van der Waals surface area contributed by atoms with E-state index in [-0.39, 0.29) is 11.5 Å². The predicted octanol–water partition coefficient (Wildman–Crippen LogP) is -4.20. The first-order valence-electron chi connectivity index (χ1n) is 6.56. The molecule has 1 aromatic rings. The molecule has 0 radical (unpaired) electrons. The lowest BCUT2D eigenvalue weighted by Crippen LogP contribution is -2.46. The van der Waals surface area contributed by atoms with Crippen LogP contribution in [0.4, 0.5) is 11.5 Å². The molecule has 1 heterocycles. The zero-order chi connectivity index (χ0) is 17.9. The van der Waals surface area contributed by atoms with Gasteiger partial charge in [-0.15, -0.1) is 0 Å². The number of rotatable bonds is 6. The summed E-state index contributed by atoms with van der Waals surface area (Å²) in [5, 5.41) is 46.7. The van der Waals surface area contributed by atoms with Crippen molar-refractivity contribution in [2.24, 2.45) is 19.1 Å². The molecular formula is C12H20N4O7. The second kappa shape index (κ2) is 7.48. The lowest BCUT2D eigenvalue weighted by molar-refractivity contribution is -0.0999. The van der Waals surface area contributed by atoms with Crippen LogP contribution < -0.4 is 17.0 Å². The molecule has 0 aliphatic rings. The van der Waals surface area contributed by atoms with Crippen molar-refractivity contribution in [3.8, 4) is 0 Å². The minimum Gasteiger partial charge on any atom is -0.394 e. The molecule has 0 amide bonds. The monoisotopic (exact) mass is 332 g/mol. The maximum absolute atomic E-state index is 11.9. The average molecular weight is 332 g/mol. The molecule has 1 aromatic heterocycles. The van der Waals surface area contributed by atoms with E-state index in [1.165, 1.54) is 14.1 Å². The van der Waals surface area contributed by atoms with Crippen LogP contribution in [0.1, 0.15) is 0 Å². The number of aliphatic imine (C=N–C) groups is 1. The van der Waals surface area contributed by atoms with Crippen LogP contribution in [-0.4, -0.2) is 71.9 Å². The summed E-state index contributed by atoms with van der Waals surface area (Å²) < 4.78 is 1.73. The van der Waals surface area contributed by atoms with Gasteiger partial charge in [-0.25, -0.2) is 9.79 Å². The summed E-state index contributed by atoms with van der Waals surface area (Å²) in [6.07, 6.45) is -6.38. The molecule has 7 N–H and O–H groups in total. The fourth-order valence-corrected chi connectivity index (χ4v) is 1.74. The minimum absolute atomic E-state index is 0.244. The molecule has 130 valence electrons. The number of aliphatic hydroxyl groups is 5. The quantitative estimate of drug-likeness (QED) is 0.283. The van der Waals surface area contributed by atoms with Crippen molar-refractivity contribution >= 4 is 17.7 Å². The first-order chi connectivity index (χ1) is 10.6. The summed E-state index contributed by atoms with van der Waals surface area (Å²) >= 11 is 0. The van der Waals surface area contributed by atoms with Crippen molar-refractivity contribution < 1.29 is 25.5 Å². The van der Waals surface area contributed by atoms with Crippen molar-refractivity contribution in [3.63, 3.8) is 0 Å². The number of nitrogen functional groups attached to an aromatic ring is 1. The topological polar surface area (TPSA) is 184 Å². The van der Waals surface area contributed by atoms with Crippen LogP contribution in [-0.2, 0) is 14.1 Å². The number of anilines is 1. The summed E-state index contributed by atoms with van der Waals surface area (Å²) in [4.78, 5) is 27.2. The third kappa shape index (κ3) is 3.83. The van der Waals surface area contributed by atoms with Gasteiger partial charge in [0.05, 0.1) is 6.61 Å². The molecule has 0 fully saturated rings. The van der Waals surface area contributed by atoms with E-state index in [4.69, 9.17) is 10.8 Å². The Hall–Kier alpha value is -2.05. The first-order valence-corrected chi connectivity index (χ1v) is 6.56. The Morgan fingerprint density at radius 1 is 1.13 bits per heavy atom. The number of aliphatic hydroxyl groups excluding tert-OH is 5. The van der Waals surface area contributed by atoms with Crippen LogP contribution in [0.5, 0.6) is 0 Å². The van der Waals surface area contributed by atoms with Gasteiger partial charge in [0.1, 0.15) is 30.2 Å². The van der Waals surface area contributed by atoms with Gasteiger partial charge in [0, 0.05) is 20.3 Å². The Morgan fingerprint density at radius 3 is 2.22 bits per heavy atom. The summed E-state index contributed by atoms with van der Waals surface area (Å²) in [6.45, 7) is -0.823. The van der Waals surface area contributed by atoms with E-state index in [9.17, 15) is 30.0 Å². The summed E-state index contributed by atoms with van der Waals surface area (Å²) in [7, 11) is 2.54. The highest BCUT2D eigenvalue weighted by molar-refractivity contribution is 5.71. The Balaban J connectivity index is 3.11. The number of nitrogens with zero attached hydrogens (tertiary/aromatic N) is 3. The van der Waals surface area contributed by atoms with Crippen LogP contribution in [0.25, 0.3) is 0 Å². The highest BCUT2D eigenvalue weighted by Crippen LogP contribution is 2.13. The number of hydrogen-bond donors (Lipinski definition) is 6. The van der Waals surface area contributed by atoms with E-state index < -0.39 is 42.3 Å². The SMILES string of the molecule is Cn1c(N)c(N=C[C@@H](O)[C@@H](O)[C@H](O)[C@H](O)CO)c(=O)n(C)c1=O. The van der Waals surface area contributed by atoms with Crippen LogP contribution in [0.3, 0.4) is 0 Å². The molecule has 23 heavy (non-hydrogen) atoms. The highest BCUT2D eigenvalue weighted by atomic mass is 16.4. The molecule has 0 saturated heterocycles. The van der Waals surface area contributed by atoms with Crippen molar-refractivity contribution in [3.05, 3.63) is 20.8 Å². The summed E-state index contributed by atoms with van der Waals surface area (Å²) in [6, 6.07) is 0. The first kappa shape index (κ1) is 19.0. The Morgan fingerprint density at radius 2 is 1.70 bits per heavy atom. The van der Waals surface area contributed by atoms with Gasteiger partial charge in [-0.05, 0) is 0 Å². The van der Waals surface area contributed by atoms with Crippen molar-refractivity contribution in [1.29, 1.82) is 0 Å². The van der Waals surface area contributed by atoms with Crippen LogP contribution >= 0.6 is 0 Å². The van der Waals surface area contributed by atoms with Crippen molar-refractivity contribution in [2.45, 2.75) is 24.4 Å². The van der Waals surface area contributed by atoms with E-state index >= 15 is 0 Å². The maximum atomic E-state index is 11.9. The Labute approximate surface area is 130 Å². The lowest BCUT2D eigenvalue weighted by atomic mass is 10.0. The molecule has 0 aromatic carbocycles. The van der Waals surface area contributed by atoms with Crippen molar-refractivity contribution in [1.82, 2.24) is 9.13 Å². The van der Waals surface area contributed by atoms with Crippen molar-refractivity contribution in [2.75, 3.05) is 12.3 Å². The van der Waals surface area contributed by atoms with Crippen LogP contribution in [0.2, 0.25) is 0 Å².